The first-order valence-electron chi connectivity index (χ1n) is 9.13. The van der Waals surface area contributed by atoms with Gasteiger partial charge >= 0.3 is 6.09 Å². The summed E-state index contributed by atoms with van der Waals surface area (Å²) < 4.78 is 5.00. The van der Waals surface area contributed by atoms with Gasteiger partial charge in [-0.25, -0.2) is 9.79 Å². The van der Waals surface area contributed by atoms with E-state index in [4.69, 9.17) is 4.74 Å². The third-order valence-electron chi connectivity index (χ3n) is 4.14. The van der Waals surface area contributed by atoms with E-state index in [1.807, 2.05) is 13.8 Å². The molecule has 1 aromatic rings. The van der Waals surface area contributed by atoms with Crippen LogP contribution in [-0.4, -0.2) is 37.8 Å². The highest BCUT2D eigenvalue weighted by Crippen LogP contribution is 2.32. The predicted octanol–water partition coefficient (Wildman–Crippen LogP) is 2.57. The zero-order chi connectivity index (χ0) is 18.1. The normalized spacial score (nSPS) is 15.4. The number of rotatable bonds is 8. The van der Waals surface area contributed by atoms with Crippen molar-refractivity contribution in [3.8, 4) is 0 Å². The number of alkyl carbamates (subject to hydrolysis) is 1. The molecule has 1 amide bonds. The van der Waals surface area contributed by atoms with Crippen molar-refractivity contribution in [1.82, 2.24) is 16.0 Å². The summed E-state index contributed by atoms with van der Waals surface area (Å²) in [6.45, 7) is 8.37. The van der Waals surface area contributed by atoms with E-state index >= 15 is 0 Å². The van der Waals surface area contributed by atoms with Crippen LogP contribution in [0.3, 0.4) is 0 Å². The number of benzene rings is 1. The SMILES string of the molecule is CCNC(=NCc1ccc(C)cc1)NCC(NC(=O)OCC)C1CC1. The molecule has 0 saturated heterocycles. The van der Waals surface area contributed by atoms with Gasteiger partial charge in [0, 0.05) is 13.1 Å². The molecule has 0 aliphatic heterocycles. The number of amides is 1. The van der Waals surface area contributed by atoms with Crippen molar-refractivity contribution in [1.29, 1.82) is 0 Å². The summed E-state index contributed by atoms with van der Waals surface area (Å²) in [5.41, 5.74) is 2.42. The Morgan fingerprint density at radius 1 is 1.24 bits per heavy atom. The van der Waals surface area contributed by atoms with E-state index in [1.165, 1.54) is 11.1 Å². The molecule has 6 heteroatoms. The Hall–Kier alpha value is -2.24. The molecule has 0 heterocycles. The van der Waals surface area contributed by atoms with Crippen LogP contribution >= 0.6 is 0 Å². The van der Waals surface area contributed by atoms with Crippen molar-refractivity contribution in [2.75, 3.05) is 19.7 Å². The molecule has 1 fully saturated rings. The minimum atomic E-state index is -0.345. The molecular formula is C19H30N4O2. The number of hydrogen-bond donors (Lipinski definition) is 3. The van der Waals surface area contributed by atoms with Crippen molar-refractivity contribution in [2.45, 2.75) is 46.2 Å². The number of ether oxygens (including phenoxy) is 1. The number of aliphatic imine (C=N–C) groups is 1. The van der Waals surface area contributed by atoms with Gasteiger partial charge in [-0.15, -0.1) is 0 Å². The van der Waals surface area contributed by atoms with E-state index in [0.717, 1.165) is 25.3 Å². The van der Waals surface area contributed by atoms with E-state index in [2.05, 4.69) is 52.1 Å². The Morgan fingerprint density at radius 3 is 2.56 bits per heavy atom. The molecular weight excluding hydrogens is 316 g/mol. The molecule has 1 aromatic carbocycles. The fourth-order valence-corrected chi connectivity index (χ4v) is 2.57. The fraction of sp³-hybridized carbons (Fsp3) is 0.579. The molecule has 0 radical (unpaired) electrons. The number of carbonyl (C=O) groups excluding carboxylic acids is 1. The summed E-state index contributed by atoms with van der Waals surface area (Å²) in [4.78, 5) is 16.3. The van der Waals surface area contributed by atoms with Gasteiger partial charge in [0.25, 0.3) is 0 Å². The maximum Gasteiger partial charge on any atom is 0.407 e. The number of nitrogens with zero attached hydrogens (tertiary/aromatic N) is 1. The van der Waals surface area contributed by atoms with E-state index < -0.39 is 0 Å². The van der Waals surface area contributed by atoms with Crippen LogP contribution in [0.25, 0.3) is 0 Å². The summed E-state index contributed by atoms with van der Waals surface area (Å²) in [7, 11) is 0. The van der Waals surface area contributed by atoms with Crippen LogP contribution in [0.2, 0.25) is 0 Å². The molecule has 25 heavy (non-hydrogen) atoms. The van der Waals surface area contributed by atoms with E-state index in [0.29, 0.717) is 25.6 Å². The van der Waals surface area contributed by atoms with Gasteiger partial charge in [0.15, 0.2) is 5.96 Å². The molecule has 1 atom stereocenters. The lowest BCUT2D eigenvalue weighted by atomic mass is 10.1. The van der Waals surface area contributed by atoms with Gasteiger partial charge in [-0.05, 0) is 45.1 Å². The molecule has 3 N–H and O–H groups in total. The van der Waals surface area contributed by atoms with Gasteiger partial charge in [0.05, 0.1) is 19.2 Å². The number of hydrogen-bond acceptors (Lipinski definition) is 3. The first kappa shape index (κ1) is 19.1. The minimum Gasteiger partial charge on any atom is -0.450 e. The summed E-state index contributed by atoms with van der Waals surface area (Å²) >= 11 is 0. The number of aryl methyl sites for hydroxylation is 1. The summed E-state index contributed by atoms with van der Waals surface area (Å²) in [6, 6.07) is 8.45. The summed E-state index contributed by atoms with van der Waals surface area (Å²) in [5.74, 6) is 1.29. The van der Waals surface area contributed by atoms with Crippen molar-refractivity contribution >= 4 is 12.1 Å². The lowest BCUT2D eigenvalue weighted by molar-refractivity contribution is 0.146. The maximum atomic E-state index is 11.7. The number of guanidine groups is 1. The average Bonchev–Trinajstić information content (AvgIpc) is 3.42. The van der Waals surface area contributed by atoms with E-state index in [1.54, 1.807) is 0 Å². The van der Waals surface area contributed by atoms with Gasteiger partial charge in [-0.2, -0.15) is 0 Å². The molecule has 1 saturated carbocycles. The predicted molar refractivity (Wildman–Crippen MR) is 101 cm³/mol. The Labute approximate surface area is 150 Å². The Bertz CT molecular complexity index is 567. The fourth-order valence-electron chi connectivity index (χ4n) is 2.57. The second-order valence-electron chi connectivity index (χ2n) is 6.37. The molecule has 1 aliphatic carbocycles. The minimum absolute atomic E-state index is 0.0716. The first-order chi connectivity index (χ1) is 12.1. The topological polar surface area (TPSA) is 74.8 Å². The molecule has 0 spiro atoms. The van der Waals surface area contributed by atoms with Gasteiger partial charge in [0.2, 0.25) is 0 Å². The second kappa shape index (κ2) is 9.91. The number of nitrogens with one attached hydrogen (secondary N) is 3. The standard InChI is InChI=1S/C19H30N4O2/c1-4-20-18(21-12-15-8-6-14(3)7-9-15)22-13-17(16-10-11-16)23-19(24)25-5-2/h6-9,16-17H,4-5,10-13H2,1-3H3,(H,23,24)(H2,20,21,22). The molecule has 0 aromatic heterocycles. The monoisotopic (exact) mass is 346 g/mol. The van der Waals surface area contributed by atoms with E-state index in [-0.39, 0.29) is 12.1 Å². The third kappa shape index (κ3) is 7.03. The second-order valence-corrected chi connectivity index (χ2v) is 6.37. The molecule has 0 bridgehead atoms. The van der Waals surface area contributed by atoms with Crippen molar-refractivity contribution in [2.24, 2.45) is 10.9 Å². The van der Waals surface area contributed by atoms with Gasteiger partial charge in [0.1, 0.15) is 0 Å². The van der Waals surface area contributed by atoms with Crippen LogP contribution in [-0.2, 0) is 11.3 Å². The quantitative estimate of drug-likeness (QED) is 0.500. The number of carbonyl (C=O) groups is 1. The Kier molecular flexibility index (Phi) is 7.57. The lowest BCUT2D eigenvalue weighted by Gasteiger charge is -2.20. The van der Waals surface area contributed by atoms with Crippen LogP contribution < -0.4 is 16.0 Å². The first-order valence-corrected chi connectivity index (χ1v) is 9.13. The van der Waals surface area contributed by atoms with Gasteiger partial charge < -0.3 is 20.7 Å². The summed E-state index contributed by atoms with van der Waals surface area (Å²) in [6.07, 6.45) is 1.95. The van der Waals surface area contributed by atoms with E-state index in [9.17, 15) is 4.79 Å². The third-order valence-corrected chi connectivity index (χ3v) is 4.14. The molecule has 1 aliphatic rings. The zero-order valence-electron chi connectivity index (χ0n) is 15.5. The summed E-state index contributed by atoms with van der Waals surface area (Å²) in [5, 5.41) is 9.54. The lowest BCUT2D eigenvalue weighted by Crippen LogP contribution is -2.48. The van der Waals surface area contributed by atoms with Crippen LogP contribution in [0.1, 0.15) is 37.8 Å². The Balaban J connectivity index is 1.89. The Morgan fingerprint density at radius 2 is 1.96 bits per heavy atom. The smallest absolute Gasteiger partial charge is 0.407 e. The van der Waals surface area contributed by atoms with Crippen molar-refractivity contribution < 1.29 is 9.53 Å². The van der Waals surface area contributed by atoms with Crippen LogP contribution in [0.4, 0.5) is 4.79 Å². The molecule has 138 valence electrons. The van der Waals surface area contributed by atoms with Crippen molar-refractivity contribution in [3.63, 3.8) is 0 Å². The van der Waals surface area contributed by atoms with Crippen LogP contribution in [0.5, 0.6) is 0 Å². The highest BCUT2D eigenvalue weighted by atomic mass is 16.5. The molecule has 6 nitrogen and oxygen atoms in total. The van der Waals surface area contributed by atoms with Crippen LogP contribution in [0, 0.1) is 12.8 Å². The maximum absolute atomic E-state index is 11.7. The molecule has 1 unspecified atom stereocenters. The average molecular weight is 346 g/mol. The molecule has 2 rings (SSSR count). The highest BCUT2D eigenvalue weighted by Gasteiger charge is 2.32. The zero-order valence-corrected chi connectivity index (χ0v) is 15.5. The largest absolute Gasteiger partial charge is 0.450 e. The van der Waals surface area contributed by atoms with Crippen LogP contribution in [0.15, 0.2) is 29.3 Å². The van der Waals surface area contributed by atoms with Gasteiger partial charge in [-0.1, -0.05) is 29.8 Å². The van der Waals surface area contributed by atoms with Crippen molar-refractivity contribution in [3.05, 3.63) is 35.4 Å². The highest BCUT2D eigenvalue weighted by molar-refractivity contribution is 5.79. The van der Waals surface area contributed by atoms with Gasteiger partial charge in [-0.3, -0.25) is 0 Å².